The van der Waals surface area contributed by atoms with E-state index < -0.39 is 51.9 Å². The fraction of sp³-hybridized carbons (Fsp3) is 0.462. The van der Waals surface area contributed by atoms with Crippen molar-refractivity contribution in [1.29, 1.82) is 0 Å². The minimum atomic E-state index is -4.76. The number of sulfonamides is 1. The zero-order valence-corrected chi connectivity index (χ0v) is 23.4. The molecule has 0 bridgehead atoms. The fourth-order valence-corrected chi connectivity index (χ4v) is 4.91. The van der Waals surface area contributed by atoms with Crippen LogP contribution in [-0.2, 0) is 32.3 Å². The van der Waals surface area contributed by atoms with Crippen molar-refractivity contribution >= 4 is 39.1 Å². The first-order chi connectivity index (χ1) is 17.7. The number of carbonyl (C=O) groups excluding carboxylic acids is 2. The number of amides is 2. The molecular weight excluding hydrogens is 543 g/mol. The minimum Gasteiger partial charge on any atom is -0.354 e. The van der Waals surface area contributed by atoms with Crippen molar-refractivity contribution in [1.82, 2.24) is 10.2 Å². The molecule has 0 fully saturated rings. The van der Waals surface area contributed by atoms with E-state index in [1.165, 1.54) is 4.90 Å². The summed E-state index contributed by atoms with van der Waals surface area (Å²) in [6.45, 7) is 5.14. The van der Waals surface area contributed by atoms with Gasteiger partial charge in [-0.25, -0.2) is 8.42 Å². The molecule has 38 heavy (non-hydrogen) atoms. The molecule has 0 spiro atoms. The van der Waals surface area contributed by atoms with E-state index in [-0.39, 0.29) is 18.0 Å². The van der Waals surface area contributed by atoms with Crippen LogP contribution >= 0.6 is 11.6 Å². The van der Waals surface area contributed by atoms with Crippen LogP contribution in [0.25, 0.3) is 0 Å². The van der Waals surface area contributed by atoms with Crippen molar-refractivity contribution in [2.24, 2.45) is 0 Å². The summed E-state index contributed by atoms with van der Waals surface area (Å²) in [6.07, 6.45) is -2.16. The van der Waals surface area contributed by atoms with Crippen LogP contribution in [-0.4, -0.2) is 50.5 Å². The predicted molar refractivity (Wildman–Crippen MR) is 142 cm³/mol. The van der Waals surface area contributed by atoms with Crippen LogP contribution in [0.1, 0.15) is 49.8 Å². The summed E-state index contributed by atoms with van der Waals surface area (Å²) in [4.78, 5) is 27.9. The molecule has 0 aromatic heterocycles. The summed E-state index contributed by atoms with van der Waals surface area (Å²) in [5.41, 5.74) is 0.0921. The molecule has 1 N–H and O–H groups in total. The third-order valence-electron chi connectivity index (χ3n) is 5.91. The van der Waals surface area contributed by atoms with Crippen molar-refractivity contribution in [3.63, 3.8) is 0 Å². The topological polar surface area (TPSA) is 86.8 Å². The van der Waals surface area contributed by atoms with Crippen LogP contribution in [0.3, 0.4) is 0 Å². The van der Waals surface area contributed by atoms with Crippen LogP contribution < -0.4 is 9.62 Å². The molecule has 1 unspecified atom stereocenters. The Bertz CT molecular complexity index is 1220. The molecule has 0 saturated carbocycles. The maximum atomic E-state index is 13.6. The number of nitrogens with zero attached hydrogens (tertiary/aromatic N) is 2. The molecule has 2 aromatic rings. The van der Waals surface area contributed by atoms with E-state index in [9.17, 15) is 31.2 Å². The van der Waals surface area contributed by atoms with Crippen molar-refractivity contribution in [3.8, 4) is 0 Å². The van der Waals surface area contributed by atoms with Crippen LogP contribution in [0.15, 0.2) is 42.5 Å². The van der Waals surface area contributed by atoms with Gasteiger partial charge in [0.1, 0.15) is 12.6 Å². The highest BCUT2D eigenvalue weighted by molar-refractivity contribution is 7.92. The Morgan fingerprint density at radius 1 is 1.08 bits per heavy atom. The van der Waals surface area contributed by atoms with E-state index >= 15 is 0 Å². The number of nitrogens with one attached hydrogen (secondary N) is 1. The van der Waals surface area contributed by atoms with Crippen molar-refractivity contribution in [2.45, 2.75) is 58.8 Å². The molecule has 0 aliphatic carbocycles. The largest absolute Gasteiger partial charge is 0.416 e. The molecule has 0 aliphatic rings. The van der Waals surface area contributed by atoms with Gasteiger partial charge in [-0.2, -0.15) is 13.2 Å². The van der Waals surface area contributed by atoms with E-state index in [2.05, 4.69) is 5.32 Å². The SMILES string of the molecule is CCCCNC(=O)C(CC)N(Cc1ccc(C)cc1)C(=O)CN(c1cc(C(F)(F)F)ccc1Cl)S(C)(=O)=O. The van der Waals surface area contributed by atoms with E-state index in [1.807, 2.05) is 26.0 Å². The number of hydrogen-bond acceptors (Lipinski definition) is 4. The first-order valence-corrected chi connectivity index (χ1v) is 14.4. The van der Waals surface area contributed by atoms with Crippen LogP contribution in [0.5, 0.6) is 0 Å². The van der Waals surface area contributed by atoms with E-state index in [4.69, 9.17) is 11.6 Å². The summed E-state index contributed by atoms with van der Waals surface area (Å²) in [5.74, 6) is -1.16. The number of unbranched alkanes of at least 4 members (excludes halogenated alkanes) is 1. The Hall–Kier alpha value is -2.79. The Kier molecular flexibility index (Phi) is 11.0. The maximum Gasteiger partial charge on any atom is 0.416 e. The average molecular weight is 576 g/mol. The van der Waals surface area contributed by atoms with Gasteiger partial charge in [0.25, 0.3) is 0 Å². The summed E-state index contributed by atoms with van der Waals surface area (Å²) in [5, 5.41) is 2.53. The van der Waals surface area contributed by atoms with Gasteiger partial charge in [0.2, 0.25) is 21.8 Å². The Balaban J connectivity index is 2.50. The van der Waals surface area contributed by atoms with Crippen LogP contribution in [0.4, 0.5) is 18.9 Å². The first kappa shape index (κ1) is 31.4. The van der Waals surface area contributed by atoms with Gasteiger partial charge in [0, 0.05) is 13.1 Å². The van der Waals surface area contributed by atoms with E-state index in [1.54, 1.807) is 19.1 Å². The smallest absolute Gasteiger partial charge is 0.354 e. The number of rotatable bonds is 12. The minimum absolute atomic E-state index is 0.00720. The Morgan fingerprint density at radius 3 is 2.24 bits per heavy atom. The number of benzene rings is 2. The molecule has 0 heterocycles. The van der Waals surface area contributed by atoms with Gasteiger partial charge in [-0.3, -0.25) is 13.9 Å². The van der Waals surface area contributed by atoms with Crippen molar-refractivity contribution in [3.05, 3.63) is 64.2 Å². The van der Waals surface area contributed by atoms with Crippen molar-refractivity contribution < 1.29 is 31.2 Å². The highest BCUT2D eigenvalue weighted by atomic mass is 35.5. The van der Waals surface area contributed by atoms with Gasteiger partial charge in [-0.1, -0.05) is 61.7 Å². The van der Waals surface area contributed by atoms with Gasteiger partial charge in [-0.05, 0) is 43.5 Å². The van der Waals surface area contributed by atoms with Gasteiger partial charge >= 0.3 is 6.18 Å². The molecule has 0 saturated heterocycles. The molecule has 7 nitrogen and oxygen atoms in total. The molecule has 1 atom stereocenters. The normalized spacial score (nSPS) is 12.6. The first-order valence-electron chi connectivity index (χ1n) is 12.2. The maximum absolute atomic E-state index is 13.6. The van der Waals surface area contributed by atoms with E-state index in [0.29, 0.717) is 22.5 Å². The lowest BCUT2D eigenvalue weighted by Gasteiger charge is -2.33. The summed E-state index contributed by atoms with van der Waals surface area (Å²) >= 11 is 6.10. The number of aryl methyl sites for hydroxylation is 1. The molecule has 2 rings (SSSR count). The molecule has 210 valence electrons. The Labute approximate surface area is 227 Å². The van der Waals surface area contributed by atoms with Crippen LogP contribution in [0.2, 0.25) is 5.02 Å². The van der Waals surface area contributed by atoms with Crippen LogP contribution in [0, 0.1) is 6.92 Å². The number of carbonyl (C=O) groups is 2. The standard InChI is InChI=1S/C26H33ClF3N3O4S/c1-5-7-14-31-25(35)22(6-2)32(16-19-10-8-18(3)9-11-19)24(34)17-33(38(4,36)37)23-15-20(26(28,29)30)12-13-21(23)27/h8-13,15,22H,5-7,14,16-17H2,1-4H3,(H,31,35). The zero-order valence-electron chi connectivity index (χ0n) is 21.8. The lowest BCUT2D eigenvalue weighted by Crippen LogP contribution is -2.52. The van der Waals surface area contributed by atoms with E-state index in [0.717, 1.165) is 36.8 Å². The van der Waals surface area contributed by atoms with Gasteiger partial charge in [-0.15, -0.1) is 0 Å². The second-order valence-electron chi connectivity index (χ2n) is 9.01. The molecule has 0 aliphatic heterocycles. The lowest BCUT2D eigenvalue weighted by molar-refractivity contribution is -0.140. The third-order valence-corrected chi connectivity index (χ3v) is 7.36. The number of hydrogen-bond donors (Lipinski definition) is 1. The number of halogens is 4. The lowest BCUT2D eigenvalue weighted by atomic mass is 10.1. The average Bonchev–Trinajstić information content (AvgIpc) is 2.82. The summed E-state index contributed by atoms with van der Waals surface area (Å²) in [7, 11) is -4.25. The molecule has 2 amide bonds. The molecule has 2 aromatic carbocycles. The number of alkyl halides is 3. The summed E-state index contributed by atoms with van der Waals surface area (Å²) in [6, 6.07) is 8.57. The second kappa shape index (κ2) is 13.3. The monoisotopic (exact) mass is 575 g/mol. The molecular formula is C26H33ClF3N3O4S. The fourth-order valence-electron chi connectivity index (χ4n) is 3.79. The zero-order chi connectivity index (χ0) is 28.7. The molecule has 0 radical (unpaired) electrons. The second-order valence-corrected chi connectivity index (χ2v) is 11.3. The van der Waals surface area contributed by atoms with Crippen molar-refractivity contribution in [2.75, 3.05) is 23.7 Å². The third kappa shape index (κ3) is 8.62. The van der Waals surface area contributed by atoms with Gasteiger partial charge in [0.15, 0.2) is 0 Å². The quantitative estimate of drug-likeness (QED) is 0.354. The predicted octanol–water partition coefficient (Wildman–Crippen LogP) is 5.16. The summed E-state index contributed by atoms with van der Waals surface area (Å²) < 4.78 is 66.0. The molecule has 12 heteroatoms. The van der Waals surface area contributed by atoms with Gasteiger partial charge < -0.3 is 10.2 Å². The number of anilines is 1. The highest BCUT2D eigenvalue weighted by Gasteiger charge is 2.35. The highest BCUT2D eigenvalue weighted by Crippen LogP contribution is 2.36. The Morgan fingerprint density at radius 2 is 1.71 bits per heavy atom. The van der Waals surface area contributed by atoms with Gasteiger partial charge in [0.05, 0.1) is 22.5 Å².